The summed E-state index contributed by atoms with van der Waals surface area (Å²) in [7, 11) is 0. The smallest absolute Gasteiger partial charge is 0.326 e. The zero-order valence-corrected chi connectivity index (χ0v) is 11.5. The van der Waals surface area contributed by atoms with Crippen LogP contribution < -0.4 is 16.1 Å². The van der Waals surface area contributed by atoms with Gasteiger partial charge in [0.25, 0.3) is 5.56 Å². The molecule has 20 heavy (non-hydrogen) atoms. The topological polar surface area (TPSA) is 72.2 Å². The minimum absolute atomic E-state index is 0.335. The van der Waals surface area contributed by atoms with E-state index in [0.717, 1.165) is 38.4 Å². The van der Waals surface area contributed by atoms with Gasteiger partial charge in [-0.3, -0.25) is 9.78 Å². The molecule has 1 aliphatic heterocycles. The highest BCUT2D eigenvalue weighted by atomic mass is 16.2. The highest BCUT2D eigenvalue weighted by Gasteiger charge is 2.16. The predicted octanol–water partition coefficient (Wildman–Crippen LogP) is 0.358. The Morgan fingerprint density at radius 2 is 1.85 bits per heavy atom. The van der Waals surface area contributed by atoms with Gasteiger partial charge >= 0.3 is 5.69 Å². The summed E-state index contributed by atoms with van der Waals surface area (Å²) >= 11 is 0. The molecule has 0 bridgehead atoms. The van der Waals surface area contributed by atoms with Gasteiger partial charge < -0.3 is 14.8 Å². The summed E-state index contributed by atoms with van der Waals surface area (Å²) in [6.07, 6.45) is 0. The predicted molar refractivity (Wildman–Crippen MR) is 79.5 cm³/mol. The maximum absolute atomic E-state index is 11.8. The quantitative estimate of drug-likeness (QED) is 0.829. The van der Waals surface area contributed by atoms with Crippen LogP contribution in [-0.2, 0) is 0 Å². The van der Waals surface area contributed by atoms with Gasteiger partial charge in [0.1, 0.15) is 0 Å². The number of benzene rings is 1. The van der Waals surface area contributed by atoms with Crippen LogP contribution in [-0.4, -0.2) is 47.6 Å². The number of anilines is 1. The van der Waals surface area contributed by atoms with E-state index in [9.17, 15) is 9.59 Å². The average molecular weight is 274 g/mol. The Kier molecular flexibility index (Phi) is 3.31. The van der Waals surface area contributed by atoms with Gasteiger partial charge in [0.05, 0.1) is 10.9 Å². The molecular formula is C14H18N4O2. The molecule has 1 aliphatic rings. The molecule has 1 aromatic carbocycles. The molecule has 0 spiro atoms. The van der Waals surface area contributed by atoms with Gasteiger partial charge in [-0.25, -0.2) is 4.79 Å². The molecule has 2 aromatic rings. The molecule has 2 N–H and O–H groups in total. The summed E-state index contributed by atoms with van der Waals surface area (Å²) in [5, 5.41) is 0.528. The fraction of sp³-hybridized carbons (Fsp3) is 0.429. The second kappa shape index (κ2) is 5.13. The van der Waals surface area contributed by atoms with Crippen molar-refractivity contribution in [3.05, 3.63) is 39.0 Å². The molecule has 0 unspecified atom stereocenters. The zero-order valence-electron chi connectivity index (χ0n) is 11.5. The number of H-pyrrole nitrogens is 2. The lowest BCUT2D eigenvalue weighted by Gasteiger charge is -2.35. The van der Waals surface area contributed by atoms with E-state index in [-0.39, 0.29) is 5.56 Å². The first-order valence-corrected chi connectivity index (χ1v) is 6.91. The van der Waals surface area contributed by atoms with Crippen molar-refractivity contribution in [2.24, 2.45) is 0 Å². The third-order valence-electron chi connectivity index (χ3n) is 3.91. The summed E-state index contributed by atoms with van der Waals surface area (Å²) in [6, 6.07) is 5.61. The molecule has 0 amide bonds. The SMILES string of the molecule is CCN1CCN(c2ccc3[nH]c(=O)[nH]c(=O)c3c2)CC1. The first-order chi connectivity index (χ1) is 9.67. The number of piperazine rings is 1. The Morgan fingerprint density at radius 3 is 2.55 bits per heavy atom. The second-order valence-electron chi connectivity index (χ2n) is 5.06. The molecule has 2 heterocycles. The Morgan fingerprint density at radius 1 is 1.10 bits per heavy atom. The van der Waals surface area contributed by atoms with Crippen molar-refractivity contribution < 1.29 is 0 Å². The lowest BCUT2D eigenvalue weighted by atomic mass is 10.2. The van der Waals surface area contributed by atoms with Gasteiger partial charge in [0.15, 0.2) is 0 Å². The maximum Gasteiger partial charge on any atom is 0.326 e. The van der Waals surface area contributed by atoms with Crippen LogP contribution in [0.5, 0.6) is 0 Å². The number of hydrogen-bond acceptors (Lipinski definition) is 4. The normalized spacial score (nSPS) is 16.8. The number of hydrogen-bond donors (Lipinski definition) is 2. The largest absolute Gasteiger partial charge is 0.369 e. The van der Waals surface area contributed by atoms with E-state index in [4.69, 9.17) is 0 Å². The first-order valence-electron chi connectivity index (χ1n) is 6.91. The van der Waals surface area contributed by atoms with Gasteiger partial charge in [-0.1, -0.05) is 6.92 Å². The third-order valence-corrected chi connectivity index (χ3v) is 3.91. The van der Waals surface area contributed by atoms with Crippen molar-refractivity contribution in [2.45, 2.75) is 6.92 Å². The van der Waals surface area contributed by atoms with E-state index in [1.54, 1.807) is 6.07 Å². The van der Waals surface area contributed by atoms with Crippen LogP contribution >= 0.6 is 0 Å². The lowest BCUT2D eigenvalue weighted by molar-refractivity contribution is 0.271. The van der Waals surface area contributed by atoms with Crippen LogP contribution in [0.1, 0.15) is 6.92 Å². The second-order valence-corrected chi connectivity index (χ2v) is 5.06. The first kappa shape index (κ1) is 12.9. The van der Waals surface area contributed by atoms with Crippen LogP contribution in [0.15, 0.2) is 27.8 Å². The van der Waals surface area contributed by atoms with E-state index in [2.05, 4.69) is 26.7 Å². The minimum atomic E-state index is -0.466. The number of nitrogens with zero attached hydrogens (tertiary/aromatic N) is 2. The molecule has 6 heteroatoms. The van der Waals surface area contributed by atoms with Gasteiger partial charge in [0.2, 0.25) is 0 Å². The fourth-order valence-corrected chi connectivity index (χ4v) is 2.67. The average Bonchev–Trinajstić information content (AvgIpc) is 2.47. The molecule has 0 aliphatic carbocycles. The van der Waals surface area contributed by atoms with Gasteiger partial charge in [-0.2, -0.15) is 0 Å². The Balaban J connectivity index is 1.94. The van der Waals surface area contributed by atoms with E-state index in [1.807, 2.05) is 12.1 Å². The van der Waals surface area contributed by atoms with Crippen molar-refractivity contribution in [3.8, 4) is 0 Å². The highest BCUT2D eigenvalue weighted by Crippen LogP contribution is 2.19. The standard InChI is InChI=1S/C14H18N4O2/c1-2-17-5-7-18(8-6-17)10-3-4-12-11(9-10)13(19)16-14(20)15-12/h3-4,9H,2,5-8H2,1H3,(H2,15,16,19,20). The molecule has 6 nitrogen and oxygen atoms in total. The van der Waals surface area contributed by atoms with Crippen molar-refractivity contribution in [1.82, 2.24) is 14.9 Å². The molecule has 3 rings (SSSR count). The summed E-state index contributed by atoms with van der Waals surface area (Å²) in [5.41, 5.74) is 0.810. The highest BCUT2D eigenvalue weighted by molar-refractivity contribution is 5.81. The van der Waals surface area contributed by atoms with Gasteiger partial charge in [-0.05, 0) is 24.7 Å². The summed E-state index contributed by atoms with van der Waals surface area (Å²) in [4.78, 5) is 32.6. The van der Waals surface area contributed by atoms with Gasteiger partial charge in [-0.15, -0.1) is 0 Å². The van der Waals surface area contributed by atoms with Crippen LogP contribution in [0.25, 0.3) is 10.9 Å². The summed E-state index contributed by atoms with van der Waals surface area (Å²) in [5.74, 6) is 0. The zero-order chi connectivity index (χ0) is 14.1. The van der Waals surface area contributed by atoms with E-state index in [1.165, 1.54) is 0 Å². The molecular weight excluding hydrogens is 256 g/mol. The minimum Gasteiger partial charge on any atom is -0.369 e. The third kappa shape index (κ3) is 2.34. The van der Waals surface area contributed by atoms with Crippen molar-refractivity contribution in [2.75, 3.05) is 37.6 Å². The van der Waals surface area contributed by atoms with Crippen LogP contribution in [0.2, 0.25) is 0 Å². The molecule has 1 aromatic heterocycles. The molecule has 0 saturated carbocycles. The summed E-state index contributed by atoms with van der Waals surface area (Å²) in [6.45, 7) is 7.24. The molecule has 0 atom stereocenters. The number of fused-ring (bicyclic) bond motifs is 1. The maximum atomic E-state index is 11.8. The molecule has 1 fully saturated rings. The Labute approximate surface area is 116 Å². The van der Waals surface area contributed by atoms with Crippen LogP contribution in [0.4, 0.5) is 5.69 Å². The molecule has 1 saturated heterocycles. The number of likely N-dealkylation sites (N-methyl/N-ethyl adjacent to an activating group) is 1. The molecule has 0 radical (unpaired) electrons. The van der Waals surface area contributed by atoms with Gasteiger partial charge in [0, 0.05) is 31.9 Å². The number of aromatic amines is 2. The Hall–Kier alpha value is -2.08. The van der Waals surface area contributed by atoms with E-state index >= 15 is 0 Å². The van der Waals surface area contributed by atoms with Crippen LogP contribution in [0.3, 0.4) is 0 Å². The number of rotatable bonds is 2. The van der Waals surface area contributed by atoms with Crippen molar-refractivity contribution >= 4 is 16.6 Å². The summed E-state index contributed by atoms with van der Waals surface area (Å²) < 4.78 is 0. The molecule has 106 valence electrons. The van der Waals surface area contributed by atoms with E-state index in [0.29, 0.717) is 10.9 Å². The monoisotopic (exact) mass is 274 g/mol. The van der Waals surface area contributed by atoms with Crippen molar-refractivity contribution in [3.63, 3.8) is 0 Å². The van der Waals surface area contributed by atoms with Crippen LogP contribution in [0, 0.1) is 0 Å². The fourth-order valence-electron chi connectivity index (χ4n) is 2.67. The Bertz CT molecular complexity index is 726. The lowest BCUT2D eigenvalue weighted by Crippen LogP contribution is -2.46. The van der Waals surface area contributed by atoms with Crippen molar-refractivity contribution in [1.29, 1.82) is 0 Å². The number of aromatic nitrogens is 2. The van der Waals surface area contributed by atoms with E-state index < -0.39 is 5.69 Å². The number of nitrogens with one attached hydrogen (secondary N) is 2.